The zero-order valence-corrected chi connectivity index (χ0v) is 19.2. The van der Waals surface area contributed by atoms with E-state index in [0.717, 1.165) is 65.0 Å². The van der Waals surface area contributed by atoms with E-state index in [-0.39, 0.29) is 19.9 Å². The van der Waals surface area contributed by atoms with Gasteiger partial charge in [0.15, 0.2) is 11.5 Å². The molecule has 3 aromatic carbocycles. The van der Waals surface area contributed by atoms with Crippen LogP contribution in [-0.2, 0) is 16.6 Å². The number of carbonyl (C=O) groups excluding carboxylic acids is 2. The van der Waals surface area contributed by atoms with Crippen LogP contribution in [0.15, 0.2) is 60.7 Å². The molecule has 34 heavy (non-hydrogen) atoms. The Morgan fingerprint density at radius 3 is 2.47 bits per heavy atom. The van der Waals surface area contributed by atoms with E-state index in [1.807, 2.05) is 48.5 Å². The zero-order chi connectivity index (χ0) is 23.3. The maximum absolute atomic E-state index is 13.4. The quantitative estimate of drug-likeness (QED) is 0.520. The van der Waals surface area contributed by atoms with E-state index in [9.17, 15) is 9.59 Å². The largest absolute Gasteiger partial charge is 0.454 e. The van der Waals surface area contributed by atoms with E-state index in [4.69, 9.17) is 9.47 Å². The predicted octanol–water partition coefficient (Wildman–Crippen LogP) is 5.37. The smallest absolute Gasteiger partial charge is 0.251 e. The third-order valence-corrected chi connectivity index (χ3v) is 7.25. The summed E-state index contributed by atoms with van der Waals surface area (Å²) in [5.74, 6) is 1.70. The summed E-state index contributed by atoms with van der Waals surface area (Å²) in [7, 11) is 0. The molecule has 1 amide bonds. The summed E-state index contributed by atoms with van der Waals surface area (Å²) in [5, 5.41) is 3.03. The molecule has 1 aliphatic heterocycles. The highest BCUT2D eigenvalue weighted by Gasteiger charge is 2.50. The number of Topliss-reactive ketones (excluding diaryl/α,β-unsaturated/α-hetero) is 1. The lowest BCUT2D eigenvalue weighted by Crippen LogP contribution is -2.25. The number of ketones is 1. The Hall–Kier alpha value is -3.60. The summed E-state index contributed by atoms with van der Waals surface area (Å²) < 4.78 is 10.9. The highest BCUT2D eigenvalue weighted by molar-refractivity contribution is 5.96. The van der Waals surface area contributed by atoms with Crippen molar-refractivity contribution < 1.29 is 20.5 Å². The number of ether oxygens (including phenoxy) is 2. The minimum Gasteiger partial charge on any atom is -0.454 e. The number of hydrogen-bond acceptors (Lipinski definition) is 4. The lowest BCUT2D eigenvalue weighted by Gasteiger charge is -2.16. The van der Waals surface area contributed by atoms with Crippen molar-refractivity contribution in [3.8, 4) is 22.6 Å². The highest BCUT2D eigenvalue weighted by Crippen LogP contribution is 2.51. The van der Waals surface area contributed by atoms with Gasteiger partial charge in [-0.05, 0) is 84.7 Å². The Kier molecular flexibility index (Phi) is 4.94. The third kappa shape index (κ3) is 3.85. The van der Waals surface area contributed by atoms with Crippen molar-refractivity contribution >= 4 is 11.7 Å². The molecular weight excluding hydrogens is 426 g/mol. The molecule has 2 fully saturated rings. The van der Waals surface area contributed by atoms with E-state index < -0.39 is 5.41 Å². The first-order valence-electron chi connectivity index (χ1n) is 12.0. The van der Waals surface area contributed by atoms with E-state index in [1.54, 1.807) is 0 Å². The molecule has 1 heterocycles. The van der Waals surface area contributed by atoms with Gasteiger partial charge in [-0.15, -0.1) is 0 Å². The van der Waals surface area contributed by atoms with Crippen LogP contribution in [0.2, 0.25) is 0 Å². The van der Waals surface area contributed by atoms with Gasteiger partial charge in [0.2, 0.25) is 6.79 Å². The molecule has 174 valence electrons. The van der Waals surface area contributed by atoms with Gasteiger partial charge in [0.05, 0.1) is 5.41 Å². The zero-order valence-electron chi connectivity index (χ0n) is 19.2. The number of carbonyl (C=O) groups is 2. The number of benzene rings is 3. The molecule has 2 saturated carbocycles. The molecule has 0 bridgehead atoms. The molecule has 2 aliphatic carbocycles. The molecule has 0 unspecified atom stereocenters. The number of nitrogens with one attached hydrogen (secondary N) is 1. The van der Waals surface area contributed by atoms with Gasteiger partial charge in [-0.25, -0.2) is 0 Å². The van der Waals surface area contributed by atoms with Crippen LogP contribution in [0.3, 0.4) is 0 Å². The maximum atomic E-state index is 13.4. The molecule has 0 atom stereocenters. The molecule has 0 radical (unpaired) electrons. The normalized spacial score (nSPS) is 17.3. The second-order valence-electron chi connectivity index (χ2n) is 9.72. The summed E-state index contributed by atoms with van der Waals surface area (Å²) in [6.07, 6.45) is 4.28. The molecule has 3 aliphatic rings. The lowest BCUT2D eigenvalue weighted by molar-refractivity contribution is -0.120. The fourth-order valence-corrected chi connectivity index (χ4v) is 4.79. The van der Waals surface area contributed by atoms with Crippen LogP contribution in [0.5, 0.6) is 11.5 Å². The van der Waals surface area contributed by atoms with Crippen molar-refractivity contribution in [1.82, 2.24) is 5.32 Å². The fraction of sp³-hybridized carbons (Fsp3) is 0.310. The second kappa shape index (κ2) is 8.01. The molecule has 6 rings (SSSR count). The standard InChI is InChI=1S/C29H27NO4.H2/c1-18-2-3-19(14-24(18)20-4-6-21(7-5-20)28(32)30-23-9-10-23)15-27(31)29(12-13-29)22-8-11-25-26(16-22)34-17-33-25;/h2-8,11,14,16,23H,9-10,12-13,15,17H2,1H3,(H,30,32);1H. The molecular formula is C29H29NO4. The van der Waals surface area contributed by atoms with Gasteiger partial charge < -0.3 is 14.8 Å². The van der Waals surface area contributed by atoms with Crippen LogP contribution in [0, 0.1) is 6.92 Å². The Balaban J connectivity index is 0.00000253. The Labute approximate surface area is 200 Å². The summed E-state index contributed by atoms with van der Waals surface area (Å²) in [5.41, 5.74) is 5.58. The monoisotopic (exact) mass is 455 g/mol. The second-order valence-corrected chi connectivity index (χ2v) is 9.72. The topological polar surface area (TPSA) is 64.6 Å². The van der Waals surface area contributed by atoms with Crippen LogP contribution < -0.4 is 14.8 Å². The molecule has 0 saturated heterocycles. The molecule has 1 N–H and O–H groups in total. The molecule has 0 aromatic heterocycles. The maximum Gasteiger partial charge on any atom is 0.251 e. The molecule has 5 nitrogen and oxygen atoms in total. The van der Waals surface area contributed by atoms with Crippen LogP contribution in [0.1, 0.15) is 54.2 Å². The summed E-state index contributed by atoms with van der Waals surface area (Å²) >= 11 is 0. The van der Waals surface area contributed by atoms with Gasteiger partial charge >= 0.3 is 0 Å². The first-order chi connectivity index (χ1) is 16.5. The molecule has 5 heteroatoms. The number of aryl methyl sites for hydroxylation is 1. The van der Waals surface area contributed by atoms with Gasteiger partial charge in [-0.3, -0.25) is 9.59 Å². The van der Waals surface area contributed by atoms with E-state index in [0.29, 0.717) is 18.0 Å². The van der Waals surface area contributed by atoms with Crippen molar-refractivity contribution in [3.05, 3.63) is 82.9 Å². The highest BCUT2D eigenvalue weighted by atomic mass is 16.7. The van der Waals surface area contributed by atoms with Crippen LogP contribution in [-0.4, -0.2) is 24.5 Å². The fourth-order valence-electron chi connectivity index (χ4n) is 4.79. The van der Waals surface area contributed by atoms with Gasteiger partial charge in [-0.1, -0.05) is 36.4 Å². The molecule has 0 spiro atoms. The van der Waals surface area contributed by atoms with Gasteiger partial charge in [0.1, 0.15) is 5.78 Å². The average Bonchev–Trinajstić information content (AvgIpc) is 3.78. The number of amides is 1. The summed E-state index contributed by atoms with van der Waals surface area (Å²) in [4.78, 5) is 25.7. The van der Waals surface area contributed by atoms with Crippen LogP contribution >= 0.6 is 0 Å². The van der Waals surface area contributed by atoms with Crippen LogP contribution in [0.4, 0.5) is 0 Å². The van der Waals surface area contributed by atoms with Gasteiger partial charge in [0, 0.05) is 19.5 Å². The first-order valence-corrected chi connectivity index (χ1v) is 12.0. The third-order valence-electron chi connectivity index (χ3n) is 7.25. The first kappa shape index (κ1) is 21.0. The van der Waals surface area contributed by atoms with Crippen molar-refractivity contribution in [3.63, 3.8) is 0 Å². The van der Waals surface area contributed by atoms with Crippen LogP contribution in [0.25, 0.3) is 11.1 Å². The summed E-state index contributed by atoms with van der Waals surface area (Å²) in [6.45, 7) is 2.31. The Bertz CT molecular complexity index is 1290. The van der Waals surface area contributed by atoms with Crippen molar-refractivity contribution in [2.75, 3.05) is 6.79 Å². The molecule has 3 aromatic rings. The van der Waals surface area contributed by atoms with E-state index >= 15 is 0 Å². The lowest BCUT2D eigenvalue weighted by atomic mass is 9.87. The van der Waals surface area contributed by atoms with Crippen molar-refractivity contribution in [2.45, 2.75) is 50.5 Å². The van der Waals surface area contributed by atoms with Gasteiger partial charge in [-0.2, -0.15) is 0 Å². The number of fused-ring (bicyclic) bond motifs is 1. The van der Waals surface area contributed by atoms with E-state index in [1.165, 1.54) is 0 Å². The number of hydrogen-bond donors (Lipinski definition) is 1. The van der Waals surface area contributed by atoms with Crippen molar-refractivity contribution in [2.24, 2.45) is 0 Å². The Morgan fingerprint density at radius 1 is 0.971 bits per heavy atom. The predicted molar refractivity (Wildman–Crippen MR) is 131 cm³/mol. The minimum absolute atomic E-state index is 0. The minimum atomic E-state index is -0.414. The van der Waals surface area contributed by atoms with Gasteiger partial charge in [0.25, 0.3) is 5.91 Å². The Morgan fingerprint density at radius 2 is 1.74 bits per heavy atom. The average molecular weight is 456 g/mol. The van der Waals surface area contributed by atoms with E-state index in [2.05, 4.69) is 24.4 Å². The van der Waals surface area contributed by atoms with Crippen molar-refractivity contribution in [1.29, 1.82) is 0 Å². The SMILES string of the molecule is Cc1ccc(CC(=O)C2(c3ccc4c(c3)OCO4)CC2)cc1-c1ccc(C(=O)NC2CC2)cc1.[HH]. The summed E-state index contributed by atoms with van der Waals surface area (Å²) in [6, 6.07) is 20.2. The number of rotatable bonds is 7.